The molecule has 0 aliphatic carbocycles. The molecule has 3 heteroatoms. The van der Waals surface area contributed by atoms with Crippen LogP contribution in [0.1, 0.15) is 24.8 Å². The monoisotopic (exact) mass is 346 g/mol. The molecule has 0 fully saturated rings. The number of hydrogen-bond donors (Lipinski definition) is 0. The maximum absolute atomic E-state index is 11.8. The summed E-state index contributed by atoms with van der Waals surface area (Å²) in [6, 6.07) is 14.6. The number of halogens is 1. The molecule has 0 amide bonds. The first-order valence-electron chi connectivity index (χ1n) is 7.05. The maximum atomic E-state index is 11.8. The van der Waals surface area contributed by atoms with Gasteiger partial charge in [0.1, 0.15) is 0 Å². The van der Waals surface area contributed by atoms with Crippen molar-refractivity contribution in [3.05, 3.63) is 60.2 Å². The minimum absolute atomic E-state index is 0.202. The van der Waals surface area contributed by atoms with Crippen LogP contribution in [0.2, 0.25) is 0 Å². The quantitative estimate of drug-likeness (QED) is 0.425. The van der Waals surface area contributed by atoms with E-state index in [-0.39, 0.29) is 11.9 Å². The standard InChI is InChI=1S/C18H19BrO2/c1-3-21-18(20)13(2)11-15(12-19)17-10-6-8-14-7-4-5-9-16(14)17/h4-10,15H,2-3,11-12H2,1H3. The Bertz CT molecular complexity index is 643. The van der Waals surface area contributed by atoms with Crippen LogP contribution in [-0.2, 0) is 9.53 Å². The number of benzene rings is 2. The van der Waals surface area contributed by atoms with Gasteiger partial charge >= 0.3 is 5.97 Å². The zero-order valence-electron chi connectivity index (χ0n) is 12.1. The Hall–Kier alpha value is -1.61. The van der Waals surface area contributed by atoms with Crippen molar-refractivity contribution in [3.8, 4) is 0 Å². The van der Waals surface area contributed by atoms with Gasteiger partial charge in [0.05, 0.1) is 6.61 Å². The highest BCUT2D eigenvalue weighted by Gasteiger charge is 2.18. The summed E-state index contributed by atoms with van der Waals surface area (Å²) in [5.74, 6) is -0.100. The highest BCUT2D eigenvalue weighted by molar-refractivity contribution is 9.09. The van der Waals surface area contributed by atoms with Crippen LogP contribution in [0.4, 0.5) is 0 Å². The molecule has 0 aliphatic heterocycles. The van der Waals surface area contributed by atoms with Crippen LogP contribution in [0, 0.1) is 0 Å². The van der Waals surface area contributed by atoms with Crippen molar-refractivity contribution >= 4 is 32.7 Å². The van der Waals surface area contributed by atoms with Crippen LogP contribution in [-0.4, -0.2) is 17.9 Å². The summed E-state index contributed by atoms with van der Waals surface area (Å²) in [5.41, 5.74) is 1.75. The molecule has 2 nitrogen and oxygen atoms in total. The number of alkyl halides is 1. The molecule has 0 heterocycles. The highest BCUT2D eigenvalue weighted by Crippen LogP contribution is 2.31. The zero-order chi connectivity index (χ0) is 15.2. The zero-order valence-corrected chi connectivity index (χ0v) is 13.7. The van der Waals surface area contributed by atoms with Gasteiger partial charge in [0.25, 0.3) is 0 Å². The summed E-state index contributed by atoms with van der Waals surface area (Å²) in [7, 11) is 0. The molecule has 0 spiro atoms. The molecule has 0 radical (unpaired) electrons. The third-order valence-corrected chi connectivity index (χ3v) is 4.29. The Balaban J connectivity index is 2.28. The fraction of sp³-hybridized carbons (Fsp3) is 0.278. The largest absolute Gasteiger partial charge is 0.463 e. The maximum Gasteiger partial charge on any atom is 0.333 e. The molecule has 2 rings (SSSR count). The summed E-state index contributed by atoms with van der Waals surface area (Å²) in [6.07, 6.45) is 0.595. The van der Waals surface area contributed by atoms with E-state index < -0.39 is 0 Å². The van der Waals surface area contributed by atoms with Crippen molar-refractivity contribution in [2.24, 2.45) is 0 Å². The van der Waals surface area contributed by atoms with Gasteiger partial charge in [-0.2, -0.15) is 0 Å². The van der Waals surface area contributed by atoms with Crippen molar-refractivity contribution in [1.29, 1.82) is 0 Å². The number of carbonyl (C=O) groups excluding carboxylic acids is 1. The normalized spacial score (nSPS) is 12.1. The van der Waals surface area contributed by atoms with E-state index in [0.29, 0.717) is 18.6 Å². The SMILES string of the molecule is C=C(CC(CBr)c1cccc2ccccc12)C(=O)OCC. The van der Waals surface area contributed by atoms with Crippen molar-refractivity contribution in [1.82, 2.24) is 0 Å². The van der Waals surface area contributed by atoms with Gasteiger partial charge in [0.2, 0.25) is 0 Å². The van der Waals surface area contributed by atoms with Gasteiger partial charge < -0.3 is 4.74 Å². The van der Waals surface area contributed by atoms with Gasteiger partial charge in [-0.1, -0.05) is 65.0 Å². The van der Waals surface area contributed by atoms with Gasteiger partial charge in [-0.3, -0.25) is 0 Å². The topological polar surface area (TPSA) is 26.3 Å². The molecule has 1 unspecified atom stereocenters. The number of ether oxygens (including phenoxy) is 1. The van der Waals surface area contributed by atoms with E-state index in [1.54, 1.807) is 6.92 Å². The molecule has 2 aromatic carbocycles. The highest BCUT2D eigenvalue weighted by atomic mass is 79.9. The number of carbonyl (C=O) groups is 1. The first-order chi connectivity index (χ1) is 10.2. The first kappa shape index (κ1) is 15.8. The third kappa shape index (κ3) is 3.73. The lowest BCUT2D eigenvalue weighted by atomic mass is 9.90. The van der Waals surface area contributed by atoms with Gasteiger partial charge in [-0.15, -0.1) is 0 Å². The summed E-state index contributed by atoms with van der Waals surface area (Å²) >= 11 is 3.56. The predicted octanol–water partition coefficient (Wildman–Crippen LogP) is 4.83. The van der Waals surface area contributed by atoms with Gasteiger partial charge in [0, 0.05) is 10.9 Å². The predicted molar refractivity (Wildman–Crippen MR) is 90.9 cm³/mol. The minimum atomic E-state index is -0.302. The van der Waals surface area contributed by atoms with Gasteiger partial charge in [-0.25, -0.2) is 4.79 Å². The van der Waals surface area contributed by atoms with E-state index in [1.807, 2.05) is 12.1 Å². The second-order valence-corrected chi connectivity index (χ2v) is 5.60. The van der Waals surface area contributed by atoms with Crippen molar-refractivity contribution in [3.63, 3.8) is 0 Å². The lowest BCUT2D eigenvalue weighted by Gasteiger charge is -2.17. The fourth-order valence-electron chi connectivity index (χ4n) is 2.47. The molecule has 0 bridgehead atoms. The summed E-state index contributed by atoms with van der Waals surface area (Å²) in [5, 5.41) is 3.21. The molecule has 2 aromatic rings. The number of rotatable bonds is 6. The number of esters is 1. The van der Waals surface area contributed by atoms with E-state index in [1.165, 1.54) is 16.3 Å². The Morgan fingerprint density at radius 1 is 1.24 bits per heavy atom. The summed E-state index contributed by atoms with van der Waals surface area (Å²) < 4.78 is 5.02. The number of fused-ring (bicyclic) bond motifs is 1. The van der Waals surface area contributed by atoms with Gasteiger partial charge in [-0.05, 0) is 35.6 Å². The lowest BCUT2D eigenvalue weighted by Crippen LogP contribution is -2.11. The van der Waals surface area contributed by atoms with Crippen LogP contribution >= 0.6 is 15.9 Å². The van der Waals surface area contributed by atoms with Crippen LogP contribution < -0.4 is 0 Å². The first-order valence-corrected chi connectivity index (χ1v) is 8.18. The molecular weight excluding hydrogens is 328 g/mol. The van der Waals surface area contributed by atoms with Crippen LogP contribution in [0.3, 0.4) is 0 Å². The Labute approximate surface area is 133 Å². The summed E-state index contributed by atoms with van der Waals surface area (Å²) in [6.45, 7) is 6.05. The van der Waals surface area contributed by atoms with E-state index in [2.05, 4.69) is 52.8 Å². The Morgan fingerprint density at radius 3 is 2.67 bits per heavy atom. The molecule has 0 saturated heterocycles. The van der Waals surface area contributed by atoms with Crippen LogP contribution in [0.5, 0.6) is 0 Å². The fourth-order valence-corrected chi connectivity index (χ4v) is 3.05. The van der Waals surface area contributed by atoms with E-state index in [9.17, 15) is 4.79 Å². The minimum Gasteiger partial charge on any atom is -0.463 e. The molecule has 0 saturated carbocycles. The smallest absolute Gasteiger partial charge is 0.333 e. The molecule has 21 heavy (non-hydrogen) atoms. The van der Waals surface area contributed by atoms with E-state index in [4.69, 9.17) is 4.74 Å². The van der Waals surface area contributed by atoms with Crippen LogP contribution in [0.25, 0.3) is 10.8 Å². The van der Waals surface area contributed by atoms with Crippen molar-refractivity contribution in [2.75, 3.05) is 11.9 Å². The third-order valence-electron chi connectivity index (χ3n) is 3.51. The average molecular weight is 347 g/mol. The van der Waals surface area contributed by atoms with Gasteiger partial charge in [0.15, 0.2) is 0 Å². The van der Waals surface area contributed by atoms with Crippen LogP contribution in [0.15, 0.2) is 54.6 Å². The van der Waals surface area contributed by atoms with Crippen molar-refractivity contribution in [2.45, 2.75) is 19.3 Å². The second kappa shape index (κ2) is 7.41. The molecule has 0 aromatic heterocycles. The Kier molecular flexibility index (Phi) is 5.57. The average Bonchev–Trinajstić information content (AvgIpc) is 2.52. The second-order valence-electron chi connectivity index (χ2n) is 4.95. The lowest BCUT2D eigenvalue weighted by molar-refractivity contribution is -0.138. The van der Waals surface area contributed by atoms with E-state index in [0.717, 1.165) is 5.33 Å². The molecule has 0 aliphatic rings. The molecule has 0 N–H and O–H groups in total. The van der Waals surface area contributed by atoms with Crippen molar-refractivity contribution < 1.29 is 9.53 Å². The number of hydrogen-bond acceptors (Lipinski definition) is 2. The van der Waals surface area contributed by atoms with E-state index >= 15 is 0 Å². The molecule has 1 atom stereocenters. The summed E-state index contributed by atoms with van der Waals surface area (Å²) in [4.78, 5) is 11.8. The molecule has 110 valence electrons. The molecular formula is C18H19BrO2. The Morgan fingerprint density at radius 2 is 1.95 bits per heavy atom.